The van der Waals surface area contributed by atoms with E-state index in [4.69, 9.17) is 11.6 Å². The molecule has 13 heavy (non-hydrogen) atoms. The molecule has 0 radical (unpaired) electrons. The van der Waals surface area contributed by atoms with E-state index < -0.39 is 0 Å². The summed E-state index contributed by atoms with van der Waals surface area (Å²) in [6, 6.07) is 2.07. The van der Waals surface area contributed by atoms with Crippen molar-refractivity contribution in [1.82, 2.24) is 9.78 Å². The highest BCUT2D eigenvalue weighted by Gasteiger charge is 2.11. The number of thiophene rings is 1. The molecule has 68 valence electrons. The van der Waals surface area contributed by atoms with Gasteiger partial charge in [0.2, 0.25) is 0 Å². The number of aryl methyl sites for hydroxylation is 2. The zero-order valence-corrected chi connectivity index (χ0v) is 8.99. The van der Waals surface area contributed by atoms with Crippen LogP contribution in [0.1, 0.15) is 4.88 Å². The Kier molecular flexibility index (Phi) is 2.14. The number of hydrogen-bond acceptors (Lipinski definition) is 2. The summed E-state index contributed by atoms with van der Waals surface area (Å²) in [7, 11) is 1.90. The average molecular weight is 213 g/mol. The number of halogens is 1. The molecule has 0 fully saturated rings. The molecule has 0 spiro atoms. The first-order valence-corrected chi connectivity index (χ1v) is 5.18. The van der Waals surface area contributed by atoms with Gasteiger partial charge in [-0.25, -0.2) is 0 Å². The van der Waals surface area contributed by atoms with Gasteiger partial charge in [0.25, 0.3) is 0 Å². The Morgan fingerprint density at radius 3 is 2.77 bits per heavy atom. The minimum absolute atomic E-state index is 0.712. The lowest BCUT2D eigenvalue weighted by molar-refractivity contribution is 0.776. The third kappa shape index (κ3) is 1.38. The van der Waals surface area contributed by atoms with Crippen LogP contribution in [0.25, 0.3) is 11.3 Å². The van der Waals surface area contributed by atoms with Gasteiger partial charge in [-0.15, -0.1) is 11.3 Å². The van der Waals surface area contributed by atoms with Gasteiger partial charge in [-0.2, -0.15) is 5.10 Å². The Balaban J connectivity index is 2.64. The van der Waals surface area contributed by atoms with E-state index in [0.717, 1.165) is 5.69 Å². The second-order valence-electron chi connectivity index (χ2n) is 2.86. The lowest BCUT2D eigenvalue weighted by atomic mass is 10.2. The van der Waals surface area contributed by atoms with Gasteiger partial charge in [0, 0.05) is 17.5 Å². The topological polar surface area (TPSA) is 17.8 Å². The van der Waals surface area contributed by atoms with E-state index in [2.05, 4.69) is 23.5 Å². The van der Waals surface area contributed by atoms with Crippen LogP contribution < -0.4 is 0 Å². The molecule has 2 rings (SSSR count). The highest BCUT2D eigenvalue weighted by Crippen LogP contribution is 2.32. The van der Waals surface area contributed by atoms with E-state index >= 15 is 0 Å². The Hall–Kier alpha value is -0.800. The normalized spacial score (nSPS) is 10.7. The molecule has 2 aromatic heterocycles. The standard InChI is InChI=1S/C9H9ClN2S/c1-6-7(3-4-13-6)9-8(10)5-11-12(9)2/h3-5H,1-2H3. The maximum Gasteiger partial charge on any atom is 0.0876 e. The Labute approximate surface area is 85.8 Å². The molecule has 0 bridgehead atoms. The van der Waals surface area contributed by atoms with E-state index in [1.54, 1.807) is 22.2 Å². The van der Waals surface area contributed by atoms with E-state index in [0.29, 0.717) is 5.02 Å². The Morgan fingerprint density at radius 2 is 2.31 bits per heavy atom. The fourth-order valence-electron chi connectivity index (χ4n) is 1.34. The van der Waals surface area contributed by atoms with Gasteiger partial charge < -0.3 is 0 Å². The van der Waals surface area contributed by atoms with Crippen LogP contribution in [0.5, 0.6) is 0 Å². The molecular weight excluding hydrogens is 204 g/mol. The Bertz CT molecular complexity index is 411. The SMILES string of the molecule is Cc1sccc1-c1c(Cl)cnn1C. The van der Waals surface area contributed by atoms with Gasteiger partial charge in [0.15, 0.2) is 0 Å². The average Bonchev–Trinajstić information content (AvgIpc) is 2.60. The number of aromatic nitrogens is 2. The van der Waals surface area contributed by atoms with Crippen LogP contribution in [0.4, 0.5) is 0 Å². The summed E-state index contributed by atoms with van der Waals surface area (Å²) >= 11 is 7.75. The monoisotopic (exact) mass is 212 g/mol. The first-order valence-electron chi connectivity index (χ1n) is 3.92. The van der Waals surface area contributed by atoms with Crippen molar-refractivity contribution in [3.05, 3.63) is 27.5 Å². The molecule has 2 nitrogen and oxygen atoms in total. The van der Waals surface area contributed by atoms with Gasteiger partial charge >= 0.3 is 0 Å². The van der Waals surface area contributed by atoms with Gasteiger partial charge in [0.05, 0.1) is 16.9 Å². The van der Waals surface area contributed by atoms with Crippen molar-refractivity contribution in [1.29, 1.82) is 0 Å². The fourth-order valence-corrected chi connectivity index (χ4v) is 2.31. The van der Waals surface area contributed by atoms with Gasteiger partial charge in [0.1, 0.15) is 0 Å². The van der Waals surface area contributed by atoms with Crippen molar-refractivity contribution in [2.24, 2.45) is 7.05 Å². The highest BCUT2D eigenvalue weighted by molar-refractivity contribution is 7.10. The van der Waals surface area contributed by atoms with Crippen molar-refractivity contribution >= 4 is 22.9 Å². The van der Waals surface area contributed by atoms with Crippen LogP contribution in [0.3, 0.4) is 0 Å². The van der Waals surface area contributed by atoms with Crippen LogP contribution in [0, 0.1) is 6.92 Å². The van der Waals surface area contributed by atoms with Crippen LogP contribution in [0.15, 0.2) is 17.6 Å². The third-order valence-electron chi connectivity index (χ3n) is 2.01. The molecule has 2 heterocycles. The van der Waals surface area contributed by atoms with Gasteiger partial charge in [-0.05, 0) is 18.4 Å². The molecule has 4 heteroatoms. The fraction of sp³-hybridized carbons (Fsp3) is 0.222. The van der Waals surface area contributed by atoms with Crippen molar-refractivity contribution in [2.75, 3.05) is 0 Å². The molecule has 0 atom stereocenters. The molecule has 2 aromatic rings. The van der Waals surface area contributed by atoms with Crippen LogP contribution >= 0.6 is 22.9 Å². The molecular formula is C9H9ClN2S. The second kappa shape index (κ2) is 3.16. The first-order chi connectivity index (χ1) is 6.20. The lowest BCUT2D eigenvalue weighted by Crippen LogP contribution is -1.93. The summed E-state index contributed by atoms with van der Waals surface area (Å²) in [5.41, 5.74) is 2.18. The maximum atomic E-state index is 6.03. The van der Waals surface area contributed by atoms with Crippen molar-refractivity contribution in [3.8, 4) is 11.3 Å². The zero-order valence-electron chi connectivity index (χ0n) is 7.41. The molecule has 0 saturated heterocycles. The molecule has 0 aliphatic rings. The quantitative estimate of drug-likeness (QED) is 0.710. The minimum Gasteiger partial charge on any atom is -0.266 e. The highest BCUT2D eigenvalue weighted by atomic mass is 35.5. The van der Waals surface area contributed by atoms with Crippen molar-refractivity contribution in [2.45, 2.75) is 6.92 Å². The lowest BCUT2D eigenvalue weighted by Gasteiger charge is -2.01. The largest absolute Gasteiger partial charge is 0.266 e. The van der Waals surface area contributed by atoms with Crippen LogP contribution in [-0.2, 0) is 7.05 Å². The molecule has 0 aliphatic carbocycles. The maximum absolute atomic E-state index is 6.03. The number of rotatable bonds is 1. The van der Waals surface area contributed by atoms with Crippen LogP contribution in [-0.4, -0.2) is 9.78 Å². The minimum atomic E-state index is 0.712. The summed E-state index contributed by atoms with van der Waals surface area (Å²) in [4.78, 5) is 1.27. The molecule has 0 amide bonds. The van der Waals surface area contributed by atoms with Crippen molar-refractivity contribution < 1.29 is 0 Å². The van der Waals surface area contributed by atoms with Crippen molar-refractivity contribution in [3.63, 3.8) is 0 Å². The van der Waals surface area contributed by atoms with Crippen LogP contribution in [0.2, 0.25) is 5.02 Å². The summed E-state index contributed by atoms with van der Waals surface area (Å²) in [6.45, 7) is 2.09. The third-order valence-corrected chi connectivity index (χ3v) is 3.13. The predicted octanol–water partition coefficient (Wildman–Crippen LogP) is 3.11. The smallest absolute Gasteiger partial charge is 0.0876 e. The van der Waals surface area contributed by atoms with E-state index in [9.17, 15) is 0 Å². The van der Waals surface area contributed by atoms with E-state index in [1.165, 1.54) is 10.4 Å². The molecule has 0 unspecified atom stereocenters. The Morgan fingerprint density at radius 1 is 1.54 bits per heavy atom. The first kappa shape index (κ1) is 8.78. The summed E-state index contributed by atoms with van der Waals surface area (Å²) in [5.74, 6) is 0. The summed E-state index contributed by atoms with van der Waals surface area (Å²) < 4.78 is 1.80. The zero-order chi connectivity index (χ0) is 9.42. The molecule has 0 saturated carbocycles. The van der Waals surface area contributed by atoms with E-state index in [1.807, 2.05) is 7.05 Å². The second-order valence-corrected chi connectivity index (χ2v) is 4.38. The summed E-state index contributed by atoms with van der Waals surface area (Å²) in [6.07, 6.45) is 1.67. The number of nitrogens with zero attached hydrogens (tertiary/aromatic N) is 2. The molecule has 0 aromatic carbocycles. The molecule has 0 aliphatic heterocycles. The van der Waals surface area contributed by atoms with Gasteiger partial charge in [-0.1, -0.05) is 11.6 Å². The number of hydrogen-bond donors (Lipinski definition) is 0. The van der Waals surface area contributed by atoms with E-state index in [-0.39, 0.29) is 0 Å². The van der Waals surface area contributed by atoms with Gasteiger partial charge in [-0.3, -0.25) is 4.68 Å². The molecule has 0 N–H and O–H groups in total. The summed E-state index contributed by atoms with van der Waals surface area (Å²) in [5, 5.41) is 6.88. The predicted molar refractivity (Wildman–Crippen MR) is 56.3 cm³/mol.